The largest absolute Gasteiger partial charge is 0.509 e. The van der Waals surface area contributed by atoms with Crippen LogP contribution >= 0.6 is 0 Å². The molecule has 4 rings (SSSR count). The molecule has 3 aromatic rings. The molecule has 0 bridgehead atoms. The van der Waals surface area contributed by atoms with Gasteiger partial charge in [-0.1, -0.05) is 27.7 Å². The molecule has 8 nitrogen and oxygen atoms in total. The SMILES string of the molecule is CC(C)CN(CC(C)C)c1cc(O)c(C2=C(O)C(N(c3ccc(O)cc3)c3ccc(O)cc3)C2=O)c(O)c1. The lowest BCUT2D eigenvalue weighted by atomic mass is 9.81. The maximum Gasteiger partial charge on any atom is 0.197 e. The first kappa shape index (κ1) is 26.7. The quantitative estimate of drug-likeness (QED) is 0.245. The minimum Gasteiger partial charge on any atom is -0.509 e. The highest BCUT2D eigenvalue weighted by molar-refractivity contribution is 6.34. The Labute approximate surface area is 222 Å². The lowest BCUT2D eigenvalue weighted by Gasteiger charge is -2.39. The van der Waals surface area contributed by atoms with E-state index in [9.17, 15) is 30.3 Å². The molecule has 0 saturated heterocycles. The molecule has 1 aliphatic rings. The third-order valence-electron chi connectivity index (χ3n) is 6.39. The summed E-state index contributed by atoms with van der Waals surface area (Å²) in [5.74, 6) is -0.622. The number of hydrogen-bond donors (Lipinski definition) is 5. The summed E-state index contributed by atoms with van der Waals surface area (Å²) in [6.45, 7) is 9.80. The van der Waals surface area contributed by atoms with Crippen LogP contribution in [0.4, 0.5) is 17.1 Å². The van der Waals surface area contributed by atoms with Gasteiger partial charge in [-0.2, -0.15) is 0 Å². The fraction of sp³-hybridized carbons (Fsp3) is 0.300. The fourth-order valence-electron chi connectivity index (χ4n) is 4.81. The Morgan fingerprint density at radius 2 is 1.11 bits per heavy atom. The number of benzene rings is 3. The Morgan fingerprint density at radius 3 is 1.47 bits per heavy atom. The second kappa shape index (κ2) is 10.6. The average molecular weight is 519 g/mol. The smallest absolute Gasteiger partial charge is 0.197 e. The Morgan fingerprint density at radius 1 is 0.684 bits per heavy atom. The van der Waals surface area contributed by atoms with E-state index in [-0.39, 0.29) is 39.9 Å². The highest BCUT2D eigenvalue weighted by Crippen LogP contribution is 2.47. The van der Waals surface area contributed by atoms with E-state index in [1.165, 1.54) is 36.4 Å². The first-order chi connectivity index (χ1) is 18.0. The number of Topliss-reactive ketones (excluding diaryl/α,β-unsaturated/α-hetero) is 1. The van der Waals surface area contributed by atoms with Crippen molar-refractivity contribution in [3.63, 3.8) is 0 Å². The number of aromatic hydroxyl groups is 4. The third kappa shape index (κ3) is 5.20. The summed E-state index contributed by atoms with van der Waals surface area (Å²) in [6, 6.07) is 14.1. The predicted octanol–water partition coefficient (Wildman–Crippen LogP) is 5.69. The van der Waals surface area contributed by atoms with Gasteiger partial charge >= 0.3 is 0 Å². The summed E-state index contributed by atoms with van der Waals surface area (Å²) in [5, 5.41) is 52.5. The molecule has 1 unspecified atom stereocenters. The van der Waals surface area contributed by atoms with Gasteiger partial charge in [-0.15, -0.1) is 0 Å². The van der Waals surface area contributed by atoms with Gasteiger partial charge in [-0.25, -0.2) is 0 Å². The van der Waals surface area contributed by atoms with Gasteiger partial charge < -0.3 is 35.3 Å². The number of rotatable bonds is 9. The maximum absolute atomic E-state index is 13.5. The van der Waals surface area contributed by atoms with Crippen molar-refractivity contribution in [1.29, 1.82) is 0 Å². The molecule has 0 saturated carbocycles. The van der Waals surface area contributed by atoms with Crippen molar-refractivity contribution < 1.29 is 30.3 Å². The van der Waals surface area contributed by atoms with E-state index >= 15 is 0 Å². The van der Waals surface area contributed by atoms with Crippen molar-refractivity contribution in [3.8, 4) is 23.0 Å². The summed E-state index contributed by atoms with van der Waals surface area (Å²) >= 11 is 0. The number of carbonyl (C=O) groups is 1. The summed E-state index contributed by atoms with van der Waals surface area (Å²) in [4.78, 5) is 17.2. The molecule has 0 aromatic heterocycles. The molecule has 5 N–H and O–H groups in total. The zero-order valence-corrected chi connectivity index (χ0v) is 22.0. The zero-order chi connectivity index (χ0) is 27.7. The first-order valence-corrected chi connectivity index (χ1v) is 12.6. The number of aliphatic hydroxyl groups excluding tert-OH is 1. The Bertz CT molecular complexity index is 1270. The van der Waals surface area contributed by atoms with Crippen LogP contribution in [-0.2, 0) is 4.79 Å². The molecule has 0 radical (unpaired) electrons. The molecule has 3 aromatic carbocycles. The van der Waals surface area contributed by atoms with E-state index in [1.54, 1.807) is 29.2 Å². The van der Waals surface area contributed by atoms with E-state index in [0.29, 0.717) is 28.9 Å². The summed E-state index contributed by atoms with van der Waals surface area (Å²) in [5.41, 5.74) is 1.39. The fourth-order valence-corrected chi connectivity index (χ4v) is 4.81. The van der Waals surface area contributed by atoms with Gasteiger partial charge in [0.1, 0.15) is 28.8 Å². The van der Waals surface area contributed by atoms with Crippen LogP contribution < -0.4 is 9.80 Å². The highest BCUT2D eigenvalue weighted by atomic mass is 16.3. The number of hydrogen-bond acceptors (Lipinski definition) is 8. The molecular weight excluding hydrogens is 484 g/mol. The van der Waals surface area contributed by atoms with Gasteiger partial charge in [0.25, 0.3) is 0 Å². The molecular formula is C30H34N2O6. The van der Waals surface area contributed by atoms with Crippen molar-refractivity contribution in [2.75, 3.05) is 22.9 Å². The minimum absolute atomic E-state index is 0.0405. The maximum atomic E-state index is 13.5. The Hall–Kier alpha value is -4.33. The van der Waals surface area contributed by atoms with E-state index in [4.69, 9.17) is 0 Å². The number of phenols is 4. The molecule has 0 spiro atoms. The number of ketones is 1. The summed E-state index contributed by atoms with van der Waals surface area (Å²) in [6.07, 6.45) is 0. The molecule has 0 aliphatic heterocycles. The number of nitrogens with zero attached hydrogens (tertiary/aromatic N) is 2. The molecule has 0 amide bonds. The van der Waals surface area contributed by atoms with Crippen LogP contribution in [0.25, 0.3) is 5.57 Å². The molecule has 1 atom stereocenters. The van der Waals surface area contributed by atoms with Crippen molar-refractivity contribution in [1.82, 2.24) is 0 Å². The molecule has 8 heteroatoms. The van der Waals surface area contributed by atoms with E-state index in [2.05, 4.69) is 32.6 Å². The normalized spacial score (nSPS) is 15.2. The first-order valence-electron chi connectivity index (χ1n) is 12.6. The number of anilines is 3. The van der Waals surface area contributed by atoms with Crippen LogP contribution in [0.1, 0.15) is 33.3 Å². The lowest BCUT2D eigenvalue weighted by Crippen LogP contribution is -2.47. The van der Waals surface area contributed by atoms with Crippen LogP contribution in [0, 0.1) is 11.8 Å². The van der Waals surface area contributed by atoms with E-state index < -0.39 is 11.8 Å². The van der Waals surface area contributed by atoms with Crippen molar-refractivity contribution in [2.45, 2.75) is 33.7 Å². The Balaban J connectivity index is 1.75. The Kier molecular flexibility index (Phi) is 7.44. The van der Waals surface area contributed by atoms with Crippen molar-refractivity contribution in [2.24, 2.45) is 11.8 Å². The van der Waals surface area contributed by atoms with Gasteiger partial charge in [-0.3, -0.25) is 4.79 Å². The van der Waals surface area contributed by atoms with Crippen LogP contribution in [-0.4, -0.2) is 50.4 Å². The van der Waals surface area contributed by atoms with Crippen LogP contribution in [0.5, 0.6) is 23.0 Å². The molecule has 38 heavy (non-hydrogen) atoms. The highest BCUT2D eigenvalue weighted by Gasteiger charge is 2.46. The minimum atomic E-state index is -1.13. The van der Waals surface area contributed by atoms with Crippen molar-refractivity contribution >= 4 is 28.4 Å². The van der Waals surface area contributed by atoms with Crippen LogP contribution in [0.2, 0.25) is 0 Å². The molecule has 200 valence electrons. The zero-order valence-electron chi connectivity index (χ0n) is 22.0. The van der Waals surface area contributed by atoms with Crippen LogP contribution in [0.3, 0.4) is 0 Å². The molecule has 0 fully saturated rings. The third-order valence-corrected chi connectivity index (χ3v) is 6.39. The second-order valence-electron chi connectivity index (χ2n) is 10.5. The van der Waals surface area contributed by atoms with Gasteiger partial charge in [0, 0.05) is 42.3 Å². The van der Waals surface area contributed by atoms with Gasteiger partial charge in [0.15, 0.2) is 11.8 Å². The molecule has 0 heterocycles. The standard InChI is InChI=1S/C30H34N2O6/c1-17(2)15-31(16-18(3)4)21-13-24(35)26(25(36)14-21)27-29(37)28(30(27)38)32(19-5-9-22(33)10-6-19)20-7-11-23(34)12-8-20/h5-14,17-18,28,33-37H,15-16H2,1-4H3. The van der Waals surface area contributed by atoms with Gasteiger partial charge in [0.2, 0.25) is 0 Å². The summed E-state index contributed by atoms with van der Waals surface area (Å²) < 4.78 is 0. The van der Waals surface area contributed by atoms with Gasteiger partial charge in [-0.05, 0) is 60.4 Å². The second-order valence-corrected chi connectivity index (χ2v) is 10.5. The predicted molar refractivity (Wildman–Crippen MR) is 148 cm³/mol. The monoisotopic (exact) mass is 518 g/mol. The van der Waals surface area contributed by atoms with E-state index in [0.717, 1.165) is 13.1 Å². The lowest BCUT2D eigenvalue weighted by molar-refractivity contribution is -0.116. The van der Waals surface area contributed by atoms with E-state index in [1.807, 2.05) is 0 Å². The summed E-state index contributed by atoms with van der Waals surface area (Å²) in [7, 11) is 0. The van der Waals surface area contributed by atoms with Crippen molar-refractivity contribution in [3.05, 3.63) is 72.0 Å². The van der Waals surface area contributed by atoms with Gasteiger partial charge in [0.05, 0.1) is 11.1 Å². The number of phenolic OH excluding ortho intramolecular Hbond substituents is 4. The molecule has 1 aliphatic carbocycles. The van der Waals surface area contributed by atoms with Crippen LogP contribution in [0.15, 0.2) is 66.4 Å². The number of carbonyl (C=O) groups excluding carboxylic acids is 1. The topological polar surface area (TPSA) is 125 Å². The number of aliphatic hydroxyl groups is 1. The average Bonchev–Trinajstić information content (AvgIpc) is 2.85.